The lowest BCUT2D eigenvalue weighted by Gasteiger charge is -2.24. The second kappa shape index (κ2) is 12.2. The van der Waals surface area contributed by atoms with Gasteiger partial charge in [0, 0.05) is 49.5 Å². The number of aromatic nitrogens is 2. The first kappa shape index (κ1) is 25.2. The van der Waals surface area contributed by atoms with Crippen LogP contribution in [0.4, 0.5) is 0 Å². The van der Waals surface area contributed by atoms with E-state index in [0.717, 1.165) is 59.0 Å². The summed E-state index contributed by atoms with van der Waals surface area (Å²) in [6.07, 6.45) is 7.19. The van der Waals surface area contributed by atoms with Crippen molar-refractivity contribution in [2.45, 2.75) is 32.6 Å². The van der Waals surface area contributed by atoms with Gasteiger partial charge in [0.15, 0.2) is 0 Å². The molecule has 0 aliphatic carbocycles. The van der Waals surface area contributed by atoms with E-state index in [9.17, 15) is 9.59 Å². The van der Waals surface area contributed by atoms with Crippen molar-refractivity contribution in [1.82, 2.24) is 14.5 Å². The summed E-state index contributed by atoms with van der Waals surface area (Å²) in [5.41, 5.74) is 3.76. The van der Waals surface area contributed by atoms with Gasteiger partial charge in [-0.1, -0.05) is 24.3 Å². The third-order valence-electron chi connectivity index (χ3n) is 6.49. The Morgan fingerprint density at radius 3 is 2.64 bits per heavy atom. The molecule has 0 radical (unpaired) electrons. The van der Waals surface area contributed by atoms with Crippen LogP contribution >= 0.6 is 0 Å². The minimum Gasteiger partial charge on any atom is -0.494 e. The maximum absolute atomic E-state index is 13.3. The summed E-state index contributed by atoms with van der Waals surface area (Å²) in [7, 11) is 1.77. The molecule has 0 N–H and O–H groups in total. The Balaban J connectivity index is 1.29. The average Bonchev–Trinajstić information content (AvgIpc) is 2.90. The van der Waals surface area contributed by atoms with Gasteiger partial charge in [-0.05, 0) is 80.1 Å². The predicted octanol–water partition coefficient (Wildman–Crippen LogP) is 5.18. The standard InChI is InChI=1S/C30H33N3O3/c1-23-9-4-5-11-27(23)30(35)33(19-16-24-10-8-17-31-22-24)18-6-3-7-20-36-26-13-14-28-25(21-26)12-15-29(34)32(28)2/h4-5,8-15,17,21-22H,3,6-7,16,18-20H2,1-2H3. The maximum Gasteiger partial charge on any atom is 0.254 e. The van der Waals surface area contributed by atoms with Gasteiger partial charge in [-0.2, -0.15) is 0 Å². The number of carbonyl (C=O) groups is 1. The molecule has 0 saturated carbocycles. The highest BCUT2D eigenvalue weighted by molar-refractivity contribution is 5.95. The number of benzene rings is 2. The number of hydrogen-bond donors (Lipinski definition) is 0. The summed E-state index contributed by atoms with van der Waals surface area (Å²) in [6, 6.07) is 20.9. The van der Waals surface area contributed by atoms with Crippen molar-refractivity contribution in [2.24, 2.45) is 7.05 Å². The van der Waals surface area contributed by atoms with Gasteiger partial charge >= 0.3 is 0 Å². The van der Waals surface area contributed by atoms with E-state index in [1.165, 1.54) is 0 Å². The molecular formula is C30H33N3O3. The highest BCUT2D eigenvalue weighted by Gasteiger charge is 2.17. The Morgan fingerprint density at radius 1 is 0.972 bits per heavy atom. The minimum atomic E-state index is -0.0217. The smallest absolute Gasteiger partial charge is 0.254 e. The van der Waals surface area contributed by atoms with Crippen molar-refractivity contribution in [1.29, 1.82) is 0 Å². The second-order valence-corrected chi connectivity index (χ2v) is 9.08. The van der Waals surface area contributed by atoms with Gasteiger partial charge in [-0.3, -0.25) is 14.6 Å². The van der Waals surface area contributed by atoms with E-state index < -0.39 is 0 Å². The van der Waals surface area contributed by atoms with Gasteiger partial charge in [-0.25, -0.2) is 0 Å². The van der Waals surface area contributed by atoms with Crippen molar-refractivity contribution < 1.29 is 9.53 Å². The zero-order chi connectivity index (χ0) is 25.3. The summed E-state index contributed by atoms with van der Waals surface area (Å²) < 4.78 is 7.59. The van der Waals surface area contributed by atoms with Crippen LogP contribution in [0.1, 0.15) is 40.7 Å². The first-order valence-electron chi connectivity index (χ1n) is 12.5. The Kier molecular flexibility index (Phi) is 8.50. The van der Waals surface area contributed by atoms with Crippen LogP contribution in [0.25, 0.3) is 10.9 Å². The Morgan fingerprint density at radius 2 is 1.83 bits per heavy atom. The van der Waals surface area contributed by atoms with Gasteiger partial charge in [0.25, 0.3) is 11.5 Å². The van der Waals surface area contributed by atoms with E-state index in [4.69, 9.17) is 4.74 Å². The van der Waals surface area contributed by atoms with Crippen molar-refractivity contribution in [2.75, 3.05) is 19.7 Å². The molecule has 6 nitrogen and oxygen atoms in total. The van der Waals surface area contributed by atoms with Gasteiger partial charge < -0.3 is 14.2 Å². The number of carbonyl (C=O) groups excluding carboxylic acids is 1. The largest absolute Gasteiger partial charge is 0.494 e. The van der Waals surface area contributed by atoms with Crippen LogP contribution in [-0.2, 0) is 13.5 Å². The summed E-state index contributed by atoms with van der Waals surface area (Å²) >= 11 is 0. The van der Waals surface area contributed by atoms with Crippen LogP contribution in [-0.4, -0.2) is 40.1 Å². The summed E-state index contributed by atoms with van der Waals surface area (Å²) in [5.74, 6) is 0.882. The molecule has 0 unspecified atom stereocenters. The molecule has 0 aliphatic heterocycles. The molecule has 0 atom stereocenters. The normalized spacial score (nSPS) is 10.9. The monoisotopic (exact) mass is 483 g/mol. The molecule has 2 heterocycles. The third kappa shape index (κ3) is 6.39. The van der Waals surface area contributed by atoms with E-state index in [1.807, 2.05) is 78.7 Å². The zero-order valence-electron chi connectivity index (χ0n) is 21.0. The highest BCUT2D eigenvalue weighted by Crippen LogP contribution is 2.20. The van der Waals surface area contributed by atoms with Crippen LogP contribution in [0.5, 0.6) is 5.75 Å². The number of fused-ring (bicyclic) bond motifs is 1. The Hall–Kier alpha value is -3.93. The molecule has 0 spiro atoms. The van der Waals surface area contributed by atoms with Crippen LogP contribution in [0.3, 0.4) is 0 Å². The van der Waals surface area contributed by atoms with E-state index in [1.54, 1.807) is 23.9 Å². The Bertz CT molecular complexity index is 1360. The zero-order valence-corrected chi connectivity index (χ0v) is 21.0. The molecule has 1 amide bonds. The van der Waals surface area contributed by atoms with Crippen LogP contribution in [0, 0.1) is 6.92 Å². The average molecular weight is 484 g/mol. The van der Waals surface area contributed by atoms with Crippen LogP contribution < -0.4 is 10.3 Å². The van der Waals surface area contributed by atoms with Crippen molar-refractivity contribution in [3.8, 4) is 5.75 Å². The quantitative estimate of drug-likeness (QED) is 0.276. The number of pyridine rings is 2. The molecule has 36 heavy (non-hydrogen) atoms. The molecule has 4 aromatic rings. The molecule has 186 valence electrons. The molecule has 6 heteroatoms. The van der Waals surface area contributed by atoms with Gasteiger partial charge in [0.2, 0.25) is 0 Å². The fraction of sp³-hybridized carbons (Fsp3) is 0.300. The topological polar surface area (TPSA) is 64.4 Å². The van der Waals surface area contributed by atoms with E-state index in [-0.39, 0.29) is 11.5 Å². The summed E-state index contributed by atoms with van der Waals surface area (Å²) in [4.78, 5) is 31.3. The number of amides is 1. The van der Waals surface area contributed by atoms with E-state index in [0.29, 0.717) is 19.7 Å². The lowest BCUT2D eigenvalue weighted by Crippen LogP contribution is -2.34. The SMILES string of the molecule is Cc1ccccc1C(=O)N(CCCCCOc1ccc2c(ccc(=O)n2C)c1)CCc1cccnc1. The number of nitrogens with zero attached hydrogens (tertiary/aromatic N) is 3. The summed E-state index contributed by atoms with van der Waals surface area (Å²) in [5, 5.41) is 0.980. The lowest BCUT2D eigenvalue weighted by molar-refractivity contribution is 0.0753. The first-order valence-corrected chi connectivity index (χ1v) is 12.5. The van der Waals surface area contributed by atoms with E-state index >= 15 is 0 Å². The fourth-order valence-corrected chi connectivity index (χ4v) is 4.33. The molecule has 4 rings (SSSR count). The Labute approximate surface area is 212 Å². The van der Waals surface area contributed by atoms with Crippen molar-refractivity contribution in [3.05, 3.63) is 106 Å². The van der Waals surface area contributed by atoms with Gasteiger partial charge in [0.1, 0.15) is 5.75 Å². The number of aryl methyl sites for hydroxylation is 2. The molecule has 0 aliphatic rings. The lowest BCUT2D eigenvalue weighted by atomic mass is 10.1. The number of hydrogen-bond acceptors (Lipinski definition) is 4. The van der Waals surface area contributed by atoms with Crippen molar-refractivity contribution >= 4 is 16.8 Å². The molecule has 0 saturated heterocycles. The summed E-state index contributed by atoms with van der Waals surface area (Å²) in [6.45, 7) is 3.96. The number of ether oxygens (including phenoxy) is 1. The molecule has 2 aromatic carbocycles. The molecule has 2 aromatic heterocycles. The fourth-order valence-electron chi connectivity index (χ4n) is 4.33. The molecule has 0 bridgehead atoms. The highest BCUT2D eigenvalue weighted by atomic mass is 16.5. The minimum absolute atomic E-state index is 0.0217. The van der Waals surface area contributed by atoms with E-state index in [2.05, 4.69) is 4.98 Å². The van der Waals surface area contributed by atoms with Crippen LogP contribution in [0.15, 0.2) is 83.9 Å². The molecular weight excluding hydrogens is 450 g/mol. The predicted molar refractivity (Wildman–Crippen MR) is 144 cm³/mol. The second-order valence-electron chi connectivity index (χ2n) is 9.08. The van der Waals surface area contributed by atoms with Gasteiger partial charge in [-0.15, -0.1) is 0 Å². The molecule has 0 fully saturated rings. The number of rotatable bonds is 11. The van der Waals surface area contributed by atoms with Gasteiger partial charge in [0.05, 0.1) is 12.1 Å². The van der Waals surface area contributed by atoms with Crippen molar-refractivity contribution in [3.63, 3.8) is 0 Å². The first-order chi connectivity index (χ1) is 17.5. The maximum atomic E-state index is 13.3. The third-order valence-corrected chi connectivity index (χ3v) is 6.49. The van der Waals surface area contributed by atoms with Crippen LogP contribution in [0.2, 0.25) is 0 Å². The number of unbranched alkanes of at least 4 members (excludes halogenated alkanes) is 2.